The summed E-state index contributed by atoms with van der Waals surface area (Å²) in [6, 6.07) is 6.71. The summed E-state index contributed by atoms with van der Waals surface area (Å²) < 4.78 is 91.7. The summed E-state index contributed by atoms with van der Waals surface area (Å²) in [4.78, 5) is 24.1. The number of carbonyl (C=O) groups excluding carboxylic acids is 2. The van der Waals surface area contributed by atoms with Crippen molar-refractivity contribution >= 4 is 33.4 Å². The summed E-state index contributed by atoms with van der Waals surface area (Å²) in [5.41, 5.74) is -4.71. The van der Waals surface area contributed by atoms with Gasteiger partial charge in [-0.05, 0) is 77.1 Å². The number of halogens is 4. The van der Waals surface area contributed by atoms with E-state index in [-0.39, 0.29) is 28.6 Å². The number of fused-ring (bicyclic) bond motifs is 1. The van der Waals surface area contributed by atoms with E-state index in [0.717, 1.165) is 28.6 Å². The summed E-state index contributed by atoms with van der Waals surface area (Å²) >= 11 is 0. The third-order valence-corrected chi connectivity index (χ3v) is 7.96. The molecule has 2 amide bonds. The van der Waals surface area contributed by atoms with Crippen molar-refractivity contribution in [2.45, 2.75) is 69.0 Å². The van der Waals surface area contributed by atoms with Crippen LogP contribution in [0, 0.1) is 5.82 Å². The molecule has 0 aromatic heterocycles. The molecule has 2 atom stereocenters. The zero-order chi connectivity index (χ0) is 30.3. The highest BCUT2D eigenvalue weighted by Gasteiger charge is 2.51. The number of ether oxygens (including phenoxy) is 2. The smallest absolute Gasteiger partial charge is 0.427 e. The molecule has 3 rings (SSSR count). The maximum atomic E-state index is 13.7. The fourth-order valence-electron chi connectivity index (χ4n) is 3.62. The van der Waals surface area contributed by atoms with Gasteiger partial charge in [0, 0.05) is 5.69 Å². The molecule has 0 bridgehead atoms. The van der Waals surface area contributed by atoms with Crippen LogP contribution >= 0.6 is 0 Å². The minimum Gasteiger partial charge on any atom is -0.484 e. The van der Waals surface area contributed by atoms with Crippen molar-refractivity contribution in [3.05, 3.63) is 48.3 Å². The fourth-order valence-corrected chi connectivity index (χ4v) is 5.30. The molecule has 1 heterocycles. The van der Waals surface area contributed by atoms with E-state index in [1.165, 1.54) is 39.0 Å². The highest BCUT2D eigenvalue weighted by atomic mass is 32.2. The normalized spacial score (nSPS) is 17.9. The number of hydrogen-bond donors (Lipinski definition) is 3. The summed E-state index contributed by atoms with van der Waals surface area (Å²) in [5, 5.41) is 14.6. The number of rotatable bonds is 7. The Bertz CT molecular complexity index is 1370. The van der Waals surface area contributed by atoms with Gasteiger partial charge in [-0.2, -0.15) is 13.2 Å². The van der Waals surface area contributed by atoms with Gasteiger partial charge in [0.15, 0.2) is 0 Å². The Morgan fingerprint density at radius 2 is 1.68 bits per heavy atom. The average Bonchev–Trinajstić information content (AvgIpc) is 2.81. The van der Waals surface area contributed by atoms with E-state index in [2.05, 4.69) is 15.4 Å². The molecule has 0 spiro atoms. The first-order valence-corrected chi connectivity index (χ1v) is 13.4. The molecule has 220 valence electrons. The van der Waals surface area contributed by atoms with Crippen LogP contribution in [0.3, 0.4) is 0 Å². The van der Waals surface area contributed by atoms with Crippen molar-refractivity contribution in [1.82, 2.24) is 5.32 Å². The molecule has 10 nitrogen and oxygen atoms in total. The second-order valence-corrected chi connectivity index (χ2v) is 11.9. The number of anilines is 2. The number of alkyl halides is 3. The SMILES string of the molecule is C[C@@H]1C(CNC(=O)C(C)(C)O)Oc2ccc(NC(=O)OC(C)(C)C(F)(F)F)cc2N1S(=O)(=O)c1ccc(F)cc1. The van der Waals surface area contributed by atoms with Gasteiger partial charge in [0.1, 0.15) is 23.3 Å². The topological polar surface area (TPSA) is 134 Å². The van der Waals surface area contributed by atoms with Crippen LogP contribution in [0.2, 0.25) is 0 Å². The molecule has 1 unspecified atom stereocenters. The molecule has 2 aromatic rings. The monoisotopic (exact) mass is 591 g/mol. The number of amides is 2. The fraction of sp³-hybridized carbons (Fsp3) is 0.440. The number of benzene rings is 2. The van der Waals surface area contributed by atoms with E-state index in [9.17, 15) is 40.7 Å². The number of carbonyl (C=O) groups is 2. The molecule has 0 aliphatic carbocycles. The van der Waals surface area contributed by atoms with Crippen LogP contribution in [-0.2, 0) is 19.6 Å². The zero-order valence-electron chi connectivity index (χ0n) is 22.2. The Morgan fingerprint density at radius 1 is 1.07 bits per heavy atom. The molecule has 3 N–H and O–H groups in total. The molecule has 0 radical (unpaired) electrons. The van der Waals surface area contributed by atoms with Crippen molar-refractivity contribution in [3.8, 4) is 5.75 Å². The van der Waals surface area contributed by atoms with Crippen LogP contribution < -0.4 is 19.7 Å². The lowest BCUT2D eigenvalue weighted by molar-refractivity contribution is -0.242. The summed E-state index contributed by atoms with van der Waals surface area (Å²) in [6.45, 7) is 5.14. The van der Waals surface area contributed by atoms with Crippen LogP contribution in [0.25, 0.3) is 0 Å². The third-order valence-electron chi connectivity index (χ3n) is 6.05. The zero-order valence-corrected chi connectivity index (χ0v) is 23.0. The molecule has 1 aliphatic heterocycles. The molecule has 0 saturated heterocycles. The maximum absolute atomic E-state index is 13.7. The molecule has 2 aromatic carbocycles. The van der Waals surface area contributed by atoms with Crippen LogP contribution in [0.15, 0.2) is 47.4 Å². The van der Waals surface area contributed by atoms with Gasteiger partial charge in [-0.3, -0.25) is 14.4 Å². The van der Waals surface area contributed by atoms with Gasteiger partial charge in [0.2, 0.25) is 5.60 Å². The molecule has 15 heteroatoms. The van der Waals surface area contributed by atoms with Crippen LogP contribution in [0.4, 0.5) is 33.7 Å². The van der Waals surface area contributed by atoms with Crippen molar-refractivity contribution in [2.75, 3.05) is 16.2 Å². The average molecular weight is 592 g/mol. The summed E-state index contributed by atoms with van der Waals surface area (Å²) in [5.74, 6) is -1.41. The van der Waals surface area contributed by atoms with Gasteiger partial charge in [-0.15, -0.1) is 0 Å². The van der Waals surface area contributed by atoms with Gasteiger partial charge in [-0.25, -0.2) is 17.6 Å². The predicted octanol–water partition coefficient (Wildman–Crippen LogP) is 3.95. The molecule has 0 saturated carbocycles. The van der Waals surface area contributed by atoms with Gasteiger partial charge in [-0.1, -0.05) is 0 Å². The quantitative estimate of drug-likeness (QED) is 0.415. The van der Waals surface area contributed by atoms with Crippen molar-refractivity contribution in [3.63, 3.8) is 0 Å². The van der Waals surface area contributed by atoms with E-state index in [1.807, 2.05) is 0 Å². The lowest BCUT2D eigenvalue weighted by atomic mass is 10.1. The van der Waals surface area contributed by atoms with E-state index in [1.54, 1.807) is 0 Å². The van der Waals surface area contributed by atoms with Crippen molar-refractivity contribution in [1.29, 1.82) is 0 Å². The van der Waals surface area contributed by atoms with Crippen LogP contribution in [-0.4, -0.2) is 61.6 Å². The number of nitrogens with zero attached hydrogens (tertiary/aromatic N) is 1. The second kappa shape index (κ2) is 10.8. The summed E-state index contributed by atoms with van der Waals surface area (Å²) in [7, 11) is -4.40. The predicted molar refractivity (Wildman–Crippen MR) is 136 cm³/mol. The highest BCUT2D eigenvalue weighted by molar-refractivity contribution is 7.92. The van der Waals surface area contributed by atoms with Crippen molar-refractivity contribution in [2.24, 2.45) is 0 Å². The first-order valence-electron chi connectivity index (χ1n) is 11.9. The Morgan fingerprint density at radius 3 is 2.23 bits per heavy atom. The van der Waals surface area contributed by atoms with Gasteiger partial charge < -0.3 is 19.9 Å². The van der Waals surface area contributed by atoms with E-state index >= 15 is 0 Å². The van der Waals surface area contributed by atoms with E-state index in [4.69, 9.17) is 4.74 Å². The third kappa shape index (κ3) is 6.58. The molecule has 0 fully saturated rings. The Kier molecular flexibility index (Phi) is 8.33. The molecule has 40 heavy (non-hydrogen) atoms. The second-order valence-electron chi connectivity index (χ2n) is 10.1. The van der Waals surface area contributed by atoms with Crippen molar-refractivity contribution < 1.29 is 50.1 Å². The molecular weight excluding hydrogens is 562 g/mol. The number of sulfonamides is 1. The van der Waals surface area contributed by atoms with E-state index in [0.29, 0.717) is 13.8 Å². The van der Waals surface area contributed by atoms with E-state index < -0.39 is 57.4 Å². The first-order chi connectivity index (χ1) is 18.2. The molecule has 1 aliphatic rings. The highest BCUT2D eigenvalue weighted by Crippen LogP contribution is 2.42. The summed E-state index contributed by atoms with van der Waals surface area (Å²) in [6.07, 6.45) is -7.25. The van der Waals surface area contributed by atoms with Crippen LogP contribution in [0.5, 0.6) is 5.75 Å². The first kappa shape index (κ1) is 30.9. The number of hydrogen-bond acceptors (Lipinski definition) is 7. The standard InChI is InChI=1S/C25H29F4N3O7S/c1-14-20(13-30-21(33)23(2,3)35)38-19-11-8-16(31-22(34)39-24(4,5)25(27,28)29)12-18(19)32(14)40(36,37)17-9-6-15(26)7-10-17/h6-12,14,20,35H,13H2,1-5H3,(H,30,33)(H,31,34)/t14-,20?/m1/s1. The Balaban J connectivity index is 2.00. The lowest BCUT2D eigenvalue weighted by Gasteiger charge is -2.41. The lowest BCUT2D eigenvalue weighted by Crippen LogP contribution is -2.56. The Labute approximate surface area is 228 Å². The maximum Gasteiger partial charge on any atom is 0.427 e. The number of nitrogens with one attached hydrogen (secondary N) is 2. The largest absolute Gasteiger partial charge is 0.484 e. The minimum absolute atomic E-state index is 0.000771. The van der Waals surface area contributed by atoms with Gasteiger partial charge in [0.05, 0.1) is 23.2 Å². The van der Waals surface area contributed by atoms with Gasteiger partial charge in [0.25, 0.3) is 15.9 Å². The van der Waals surface area contributed by atoms with Crippen LogP contribution in [0.1, 0.15) is 34.6 Å². The molecular formula is C25H29F4N3O7S. The minimum atomic E-state index is -4.85. The number of aliphatic hydroxyl groups is 1. The van der Waals surface area contributed by atoms with Gasteiger partial charge >= 0.3 is 12.3 Å². The Hall–Kier alpha value is -3.59.